The first-order chi connectivity index (χ1) is 14.7. The van der Waals surface area contributed by atoms with Crippen LogP contribution in [0.2, 0.25) is 0 Å². The quantitative estimate of drug-likeness (QED) is 0.417. The number of carbonyl (C=O) groups excluding carboxylic acids is 1. The number of rotatable bonds is 6. The van der Waals surface area contributed by atoms with Gasteiger partial charge >= 0.3 is 0 Å². The van der Waals surface area contributed by atoms with Crippen LogP contribution in [0.4, 0.5) is 17.2 Å². The maximum absolute atomic E-state index is 10.3. The Hall–Kier alpha value is -4.34. The fraction of sp³-hybridized carbons (Fsp3) is 0.100. The van der Waals surface area contributed by atoms with Crippen molar-refractivity contribution in [3.05, 3.63) is 78.9 Å². The molecule has 4 N–H and O–H groups in total. The zero-order chi connectivity index (χ0) is 21.2. The standard InChI is InChI=1S/C12H13N5O.C8H8N4/c13-12-11(2-1-4-15-12)16-7-10-6-9(17-8-18)3-5-14-10;1-7-5-10-8(6-9-7)12-4-2-3-11-12/h1-6,8,16H,7H2,(H2,13,15)(H,14,17,18);2-6H,1H3. The molecular formula is C20H21N9O. The molecule has 4 rings (SSSR count). The van der Waals surface area contributed by atoms with E-state index >= 15 is 0 Å². The Morgan fingerprint density at radius 1 is 1.07 bits per heavy atom. The summed E-state index contributed by atoms with van der Waals surface area (Å²) in [5.41, 5.74) is 8.88. The summed E-state index contributed by atoms with van der Waals surface area (Å²) in [6.45, 7) is 2.41. The van der Waals surface area contributed by atoms with Gasteiger partial charge in [0.05, 0.1) is 36.0 Å². The number of amides is 1. The van der Waals surface area contributed by atoms with Gasteiger partial charge in [-0.25, -0.2) is 14.6 Å². The number of anilines is 3. The van der Waals surface area contributed by atoms with E-state index in [-0.39, 0.29) is 0 Å². The topological polar surface area (TPSA) is 137 Å². The van der Waals surface area contributed by atoms with Gasteiger partial charge in [0.1, 0.15) is 5.82 Å². The molecule has 152 valence electrons. The Bertz CT molecular complexity index is 1070. The van der Waals surface area contributed by atoms with E-state index in [1.165, 1.54) is 0 Å². The number of hydrogen-bond acceptors (Lipinski definition) is 8. The zero-order valence-electron chi connectivity index (χ0n) is 16.3. The van der Waals surface area contributed by atoms with Crippen LogP contribution in [0.15, 0.2) is 67.5 Å². The van der Waals surface area contributed by atoms with Crippen molar-refractivity contribution in [3.8, 4) is 5.82 Å². The Kier molecular flexibility index (Phi) is 6.98. The van der Waals surface area contributed by atoms with Gasteiger partial charge in [-0.1, -0.05) is 0 Å². The number of nitrogens with one attached hydrogen (secondary N) is 2. The van der Waals surface area contributed by atoms with Crippen molar-refractivity contribution in [2.75, 3.05) is 16.4 Å². The van der Waals surface area contributed by atoms with E-state index in [0.29, 0.717) is 24.5 Å². The fourth-order valence-corrected chi connectivity index (χ4v) is 2.39. The number of nitrogen functional groups attached to an aromatic ring is 1. The van der Waals surface area contributed by atoms with E-state index in [4.69, 9.17) is 5.73 Å². The average molecular weight is 403 g/mol. The van der Waals surface area contributed by atoms with Crippen LogP contribution in [0.1, 0.15) is 11.4 Å². The first-order valence-corrected chi connectivity index (χ1v) is 9.04. The zero-order valence-corrected chi connectivity index (χ0v) is 16.3. The summed E-state index contributed by atoms with van der Waals surface area (Å²) in [6.07, 6.45) is 10.9. The van der Waals surface area contributed by atoms with E-state index in [2.05, 4.69) is 35.7 Å². The summed E-state index contributed by atoms with van der Waals surface area (Å²) >= 11 is 0. The highest BCUT2D eigenvalue weighted by Gasteiger charge is 2.00. The Labute approximate surface area is 173 Å². The molecular weight excluding hydrogens is 382 g/mol. The number of aryl methyl sites for hydroxylation is 1. The van der Waals surface area contributed by atoms with Crippen LogP contribution in [-0.4, -0.2) is 36.1 Å². The Balaban J connectivity index is 0.000000184. The van der Waals surface area contributed by atoms with E-state index < -0.39 is 0 Å². The predicted octanol–water partition coefficient (Wildman–Crippen LogP) is 2.21. The third-order valence-electron chi connectivity index (χ3n) is 3.85. The molecule has 0 spiro atoms. The highest BCUT2D eigenvalue weighted by Crippen LogP contribution is 2.15. The van der Waals surface area contributed by atoms with Crippen molar-refractivity contribution in [3.63, 3.8) is 0 Å². The van der Waals surface area contributed by atoms with Crippen molar-refractivity contribution in [1.82, 2.24) is 29.7 Å². The number of nitrogens with zero attached hydrogens (tertiary/aromatic N) is 6. The van der Waals surface area contributed by atoms with Crippen LogP contribution in [0, 0.1) is 6.92 Å². The molecule has 0 atom stereocenters. The summed E-state index contributed by atoms with van der Waals surface area (Å²) in [6, 6.07) is 9.00. The molecule has 4 aromatic heterocycles. The van der Waals surface area contributed by atoms with Gasteiger partial charge in [0.25, 0.3) is 0 Å². The second-order valence-electron chi connectivity index (χ2n) is 6.05. The van der Waals surface area contributed by atoms with Crippen LogP contribution in [0.5, 0.6) is 0 Å². The van der Waals surface area contributed by atoms with Crippen molar-refractivity contribution >= 4 is 23.6 Å². The Morgan fingerprint density at radius 2 is 1.97 bits per heavy atom. The number of pyridine rings is 2. The minimum absolute atomic E-state index is 0.444. The predicted molar refractivity (Wildman–Crippen MR) is 114 cm³/mol. The second kappa shape index (κ2) is 10.3. The molecule has 0 saturated heterocycles. The minimum Gasteiger partial charge on any atom is -0.382 e. The highest BCUT2D eigenvalue weighted by molar-refractivity contribution is 5.71. The van der Waals surface area contributed by atoms with Crippen molar-refractivity contribution < 1.29 is 4.79 Å². The maximum atomic E-state index is 10.3. The number of aromatic nitrogens is 6. The van der Waals surface area contributed by atoms with Crippen LogP contribution in [0.25, 0.3) is 5.82 Å². The lowest BCUT2D eigenvalue weighted by atomic mass is 10.3. The normalized spacial score (nSPS) is 9.90. The lowest BCUT2D eigenvalue weighted by Crippen LogP contribution is -2.05. The van der Waals surface area contributed by atoms with Crippen molar-refractivity contribution in [2.24, 2.45) is 0 Å². The van der Waals surface area contributed by atoms with E-state index in [9.17, 15) is 4.79 Å². The largest absolute Gasteiger partial charge is 0.382 e. The summed E-state index contributed by atoms with van der Waals surface area (Å²) < 4.78 is 1.67. The van der Waals surface area contributed by atoms with Gasteiger partial charge in [0.15, 0.2) is 5.82 Å². The van der Waals surface area contributed by atoms with Crippen LogP contribution in [-0.2, 0) is 11.3 Å². The third kappa shape index (κ3) is 5.83. The molecule has 0 radical (unpaired) electrons. The molecule has 30 heavy (non-hydrogen) atoms. The van der Waals surface area contributed by atoms with E-state index in [0.717, 1.165) is 22.9 Å². The van der Waals surface area contributed by atoms with E-state index in [1.54, 1.807) is 53.9 Å². The molecule has 10 nitrogen and oxygen atoms in total. The molecule has 0 bridgehead atoms. The van der Waals surface area contributed by atoms with Crippen molar-refractivity contribution in [1.29, 1.82) is 0 Å². The number of hydrogen-bond donors (Lipinski definition) is 3. The number of nitrogens with two attached hydrogens (primary N) is 1. The van der Waals surface area contributed by atoms with Gasteiger partial charge in [-0.15, -0.1) is 0 Å². The average Bonchev–Trinajstić information content (AvgIpc) is 3.30. The van der Waals surface area contributed by atoms with Crippen LogP contribution < -0.4 is 16.4 Å². The van der Waals surface area contributed by atoms with Gasteiger partial charge < -0.3 is 16.4 Å². The molecule has 0 aromatic carbocycles. The minimum atomic E-state index is 0.444. The molecule has 0 unspecified atom stereocenters. The molecule has 4 aromatic rings. The molecule has 4 heterocycles. The second-order valence-corrected chi connectivity index (χ2v) is 6.05. The van der Waals surface area contributed by atoms with Gasteiger partial charge in [-0.3, -0.25) is 14.8 Å². The molecule has 0 aliphatic heterocycles. The van der Waals surface area contributed by atoms with Gasteiger partial charge in [-0.05, 0) is 37.3 Å². The molecule has 0 fully saturated rings. The van der Waals surface area contributed by atoms with Crippen LogP contribution >= 0.6 is 0 Å². The summed E-state index contributed by atoms with van der Waals surface area (Å²) in [7, 11) is 0. The monoisotopic (exact) mass is 403 g/mol. The third-order valence-corrected chi connectivity index (χ3v) is 3.85. The van der Waals surface area contributed by atoms with Gasteiger partial charge in [0, 0.05) is 30.5 Å². The Morgan fingerprint density at radius 3 is 2.67 bits per heavy atom. The lowest BCUT2D eigenvalue weighted by molar-refractivity contribution is -0.105. The smallest absolute Gasteiger partial charge is 0.211 e. The fourth-order valence-electron chi connectivity index (χ4n) is 2.39. The molecule has 0 aliphatic carbocycles. The summed E-state index contributed by atoms with van der Waals surface area (Å²) in [5.74, 6) is 1.19. The first kappa shape index (κ1) is 20.4. The SMILES string of the molecule is Cc1cnc(-n2cccn2)cn1.Nc1ncccc1NCc1cc(NC=O)ccn1. The number of carbonyl (C=O) groups is 1. The van der Waals surface area contributed by atoms with Gasteiger partial charge in [0.2, 0.25) is 6.41 Å². The molecule has 1 amide bonds. The first-order valence-electron chi connectivity index (χ1n) is 9.04. The summed E-state index contributed by atoms with van der Waals surface area (Å²) in [4.78, 5) is 26.8. The van der Waals surface area contributed by atoms with Gasteiger partial charge in [-0.2, -0.15) is 5.10 Å². The van der Waals surface area contributed by atoms with E-state index in [1.807, 2.05) is 25.3 Å². The molecule has 0 aliphatic rings. The lowest BCUT2D eigenvalue weighted by Gasteiger charge is -2.08. The summed E-state index contributed by atoms with van der Waals surface area (Å²) in [5, 5.41) is 9.73. The van der Waals surface area contributed by atoms with Crippen LogP contribution in [0.3, 0.4) is 0 Å². The molecule has 10 heteroatoms. The maximum Gasteiger partial charge on any atom is 0.211 e. The molecule has 0 saturated carbocycles. The highest BCUT2D eigenvalue weighted by atomic mass is 16.1. The van der Waals surface area contributed by atoms with Crippen molar-refractivity contribution in [2.45, 2.75) is 13.5 Å².